The minimum absolute atomic E-state index is 0.0315. The van der Waals surface area contributed by atoms with Crippen LogP contribution in [0.1, 0.15) is 54.5 Å². The second kappa shape index (κ2) is 17.3. The third kappa shape index (κ3) is 7.58. The van der Waals surface area contributed by atoms with Crippen LogP contribution < -0.4 is 10.2 Å². The Bertz CT molecular complexity index is 1870. The van der Waals surface area contributed by atoms with Gasteiger partial charge in [-0.25, -0.2) is 0 Å². The molecule has 3 amide bonds. The molecule has 3 fully saturated rings. The highest BCUT2D eigenvalue weighted by molar-refractivity contribution is 6.34. The highest BCUT2D eigenvalue weighted by atomic mass is 35.5. The molecule has 0 saturated carbocycles. The molecule has 11 nitrogen and oxygen atoms in total. The second-order valence-corrected chi connectivity index (χ2v) is 14.7. The summed E-state index contributed by atoms with van der Waals surface area (Å²) in [6, 6.07) is 20.4. The second-order valence-electron chi connectivity index (χ2n) is 14.3. The van der Waals surface area contributed by atoms with Crippen molar-refractivity contribution >= 4 is 41.0 Å². The molecule has 3 heterocycles. The van der Waals surface area contributed by atoms with Crippen molar-refractivity contribution in [3.63, 3.8) is 0 Å². The molecule has 3 aliphatic rings. The molecule has 2 bridgehead atoms. The molecule has 0 unspecified atom stereocenters. The maximum absolute atomic E-state index is 15.2. The Hall–Kier alpha value is -4.81. The molecule has 0 radical (unpaired) electrons. The lowest BCUT2D eigenvalue weighted by Gasteiger charge is -2.39. The number of hydrogen-bond donors (Lipinski definition) is 2. The van der Waals surface area contributed by atoms with Crippen LogP contribution in [0.5, 0.6) is 0 Å². The Balaban J connectivity index is 1.42. The number of ether oxygens (including phenoxy) is 3. The third-order valence-corrected chi connectivity index (χ3v) is 11.3. The molecule has 0 aliphatic carbocycles. The number of nitrogens with zero attached hydrogens (tertiary/aromatic N) is 2. The number of benzene rings is 3. The van der Waals surface area contributed by atoms with Gasteiger partial charge in [0.25, 0.3) is 5.91 Å². The number of fused-ring (bicyclic) bond motifs is 1. The lowest BCUT2D eigenvalue weighted by atomic mass is 9.70. The number of aliphatic hydroxyl groups is 1. The van der Waals surface area contributed by atoms with E-state index in [1.807, 2.05) is 25.1 Å². The van der Waals surface area contributed by atoms with Crippen LogP contribution in [0.15, 0.2) is 104 Å². The van der Waals surface area contributed by atoms with Gasteiger partial charge in [-0.1, -0.05) is 96.5 Å². The Kier molecular flexibility index (Phi) is 12.6. The van der Waals surface area contributed by atoms with E-state index in [4.69, 9.17) is 25.8 Å². The summed E-state index contributed by atoms with van der Waals surface area (Å²) in [5, 5.41) is 14.3. The van der Waals surface area contributed by atoms with Gasteiger partial charge < -0.3 is 34.4 Å². The zero-order valence-corrected chi connectivity index (χ0v) is 31.9. The first-order valence-electron chi connectivity index (χ1n) is 18.6. The lowest BCUT2D eigenvalue weighted by molar-refractivity contribution is -0.163. The van der Waals surface area contributed by atoms with Gasteiger partial charge in [0.1, 0.15) is 17.7 Å². The number of esters is 1. The summed E-state index contributed by atoms with van der Waals surface area (Å²) in [5.74, 6) is -4.13. The standard InChI is InChI=1S/C43H48ClN3O8/c1-5-7-21-34(49)45-31(26-53-4)38(29-18-12-9-13-19-29)54-42(52)35-33-22-23-43(55-33)36(35)40(50)47(32(25-48)28-16-10-8-11-17-28)39(43)41(51)46(24-6-2)37-27(3)15-14-20-30(37)44/h5-6,8-20,31-33,35-36,38-39,48H,1-2,7,21-26H2,3-4H3,(H,45,49)/t31-,32+,33-,35+,36+,38-,39-,43+/m0/s1. The topological polar surface area (TPSA) is 135 Å². The molecule has 0 aromatic heterocycles. The van der Waals surface area contributed by atoms with Crippen molar-refractivity contribution in [1.82, 2.24) is 10.2 Å². The molecule has 3 aromatic rings. The SMILES string of the molecule is C=CCCC(=O)N[C@@H](COC)[C@@H](OC(=O)[C@@H]1[C@@H]2CC[C@]3(O2)[C@H](C(=O)N(CC=C)c2c(C)cccc2Cl)N([C@H](CO)c2ccccc2)C(=O)[C@@H]13)c1ccccc1. The lowest BCUT2D eigenvalue weighted by Crippen LogP contribution is -2.57. The van der Waals surface area contributed by atoms with Crippen molar-refractivity contribution < 1.29 is 38.5 Å². The predicted octanol–water partition coefficient (Wildman–Crippen LogP) is 5.66. The highest BCUT2D eigenvalue weighted by Crippen LogP contribution is 2.60. The maximum Gasteiger partial charge on any atom is 0.313 e. The van der Waals surface area contributed by atoms with E-state index in [1.165, 1.54) is 16.9 Å². The average molecular weight is 770 g/mol. The third-order valence-electron chi connectivity index (χ3n) is 11.0. The largest absolute Gasteiger partial charge is 0.455 e. The first-order valence-corrected chi connectivity index (χ1v) is 19.0. The van der Waals surface area contributed by atoms with Crippen molar-refractivity contribution in [2.45, 2.75) is 68.5 Å². The molecule has 1 spiro atoms. The Morgan fingerprint density at radius 1 is 1.05 bits per heavy atom. The van der Waals surface area contributed by atoms with Gasteiger partial charge in [0.2, 0.25) is 11.8 Å². The van der Waals surface area contributed by atoms with Crippen LogP contribution in [0, 0.1) is 18.8 Å². The summed E-state index contributed by atoms with van der Waals surface area (Å²) in [5.41, 5.74) is 1.01. The van der Waals surface area contributed by atoms with Gasteiger partial charge >= 0.3 is 5.97 Å². The molecule has 2 N–H and O–H groups in total. The molecule has 290 valence electrons. The number of hydrogen-bond acceptors (Lipinski definition) is 8. The number of anilines is 1. The molecular formula is C43H48ClN3O8. The molecular weight excluding hydrogens is 722 g/mol. The highest BCUT2D eigenvalue weighted by Gasteiger charge is 2.76. The minimum atomic E-state index is -1.42. The number of allylic oxidation sites excluding steroid dienone is 1. The number of rotatable bonds is 17. The van der Waals surface area contributed by atoms with E-state index in [9.17, 15) is 14.7 Å². The van der Waals surface area contributed by atoms with Gasteiger partial charge in [-0.15, -0.1) is 13.2 Å². The molecule has 3 aromatic carbocycles. The molecule has 3 aliphatic heterocycles. The van der Waals surface area contributed by atoms with Crippen molar-refractivity contribution in [1.29, 1.82) is 0 Å². The molecule has 8 atom stereocenters. The molecule has 55 heavy (non-hydrogen) atoms. The van der Waals surface area contributed by atoms with Crippen molar-refractivity contribution in [2.24, 2.45) is 11.8 Å². The summed E-state index contributed by atoms with van der Waals surface area (Å²) in [7, 11) is 1.49. The summed E-state index contributed by atoms with van der Waals surface area (Å²) >= 11 is 6.74. The van der Waals surface area contributed by atoms with E-state index in [-0.39, 0.29) is 25.5 Å². The molecule has 3 saturated heterocycles. The minimum Gasteiger partial charge on any atom is -0.455 e. The van der Waals surface area contributed by atoms with Gasteiger partial charge in [-0.2, -0.15) is 0 Å². The van der Waals surface area contributed by atoms with E-state index in [2.05, 4.69) is 18.5 Å². The van der Waals surface area contributed by atoms with E-state index in [0.29, 0.717) is 41.1 Å². The van der Waals surface area contributed by atoms with E-state index in [0.717, 1.165) is 5.56 Å². The number of para-hydroxylation sites is 1. The maximum atomic E-state index is 15.2. The smallest absolute Gasteiger partial charge is 0.313 e. The summed E-state index contributed by atoms with van der Waals surface area (Å²) in [4.78, 5) is 60.9. The van der Waals surface area contributed by atoms with Gasteiger partial charge in [0, 0.05) is 20.1 Å². The van der Waals surface area contributed by atoms with Gasteiger partial charge in [-0.3, -0.25) is 19.2 Å². The molecule has 6 rings (SSSR count). The van der Waals surface area contributed by atoms with Crippen molar-refractivity contribution in [3.05, 3.63) is 126 Å². The molecule has 12 heteroatoms. The number of aliphatic hydroxyl groups excluding tert-OH is 1. The predicted molar refractivity (Wildman–Crippen MR) is 208 cm³/mol. The normalized spacial score (nSPS) is 24.1. The van der Waals surface area contributed by atoms with Crippen LogP contribution >= 0.6 is 11.6 Å². The summed E-state index contributed by atoms with van der Waals surface area (Å²) < 4.78 is 18.6. The van der Waals surface area contributed by atoms with Crippen LogP contribution in [0.2, 0.25) is 5.02 Å². The number of carbonyl (C=O) groups excluding carboxylic acids is 4. The number of aryl methyl sites for hydroxylation is 1. The van der Waals surface area contributed by atoms with Gasteiger partial charge in [0.05, 0.1) is 53.9 Å². The van der Waals surface area contributed by atoms with Gasteiger partial charge in [0.15, 0.2) is 0 Å². The average Bonchev–Trinajstić information content (AvgIpc) is 3.84. The van der Waals surface area contributed by atoms with Crippen molar-refractivity contribution in [3.8, 4) is 0 Å². The fourth-order valence-corrected chi connectivity index (χ4v) is 8.99. The number of likely N-dealkylation sites (tertiary alicyclic amines) is 1. The van der Waals surface area contributed by atoms with Crippen LogP contribution in [-0.2, 0) is 33.4 Å². The summed E-state index contributed by atoms with van der Waals surface area (Å²) in [6.45, 7) is 9.05. The quantitative estimate of drug-likeness (QED) is 0.133. The van der Waals surface area contributed by atoms with E-state index in [1.54, 1.807) is 72.8 Å². The van der Waals surface area contributed by atoms with Crippen LogP contribution in [0.25, 0.3) is 0 Å². The Labute approximate surface area is 326 Å². The summed E-state index contributed by atoms with van der Waals surface area (Å²) in [6.07, 6.45) is 2.87. The fourth-order valence-electron chi connectivity index (χ4n) is 8.66. The van der Waals surface area contributed by atoms with Crippen molar-refractivity contribution in [2.75, 3.05) is 31.8 Å². The van der Waals surface area contributed by atoms with Crippen LogP contribution in [0.3, 0.4) is 0 Å². The fraction of sp³-hybridized carbons (Fsp3) is 0.395. The number of nitrogens with one attached hydrogen (secondary N) is 1. The number of methoxy groups -OCH3 is 1. The Morgan fingerprint density at radius 3 is 2.36 bits per heavy atom. The Morgan fingerprint density at radius 2 is 1.75 bits per heavy atom. The zero-order valence-electron chi connectivity index (χ0n) is 31.1. The number of carbonyl (C=O) groups is 4. The first kappa shape index (κ1) is 39.9. The first-order chi connectivity index (χ1) is 26.6. The number of amides is 3. The van der Waals surface area contributed by atoms with Crippen LogP contribution in [0.4, 0.5) is 5.69 Å². The monoisotopic (exact) mass is 769 g/mol. The van der Waals surface area contributed by atoms with Gasteiger partial charge in [-0.05, 0) is 48.9 Å². The van der Waals surface area contributed by atoms with Crippen LogP contribution in [-0.4, -0.2) is 84.4 Å². The van der Waals surface area contributed by atoms with E-state index >= 15 is 9.59 Å². The van der Waals surface area contributed by atoms with E-state index < -0.39 is 72.2 Å². The zero-order chi connectivity index (χ0) is 39.3. The number of halogens is 1.